The topological polar surface area (TPSA) is 20.2 Å². The van der Waals surface area contributed by atoms with Crippen LogP contribution in [0, 0.1) is 11.8 Å². The minimum Gasteiger partial charge on any atom is -0.392 e. The van der Waals surface area contributed by atoms with E-state index in [0.29, 0.717) is 12.8 Å². The summed E-state index contributed by atoms with van der Waals surface area (Å²) < 4.78 is 0. The van der Waals surface area contributed by atoms with E-state index < -0.39 is 0 Å². The normalized spacial score (nSPS) is 11.5. The van der Waals surface area contributed by atoms with Crippen LogP contribution in [-0.2, 0) is 0 Å². The molecule has 1 nitrogen and oxygen atoms in total. The lowest BCUT2D eigenvalue weighted by molar-refractivity contribution is 0.180. The van der Waals surface area contributed by atoms with Gasteiger partial charge in [-0.2, -0.15) is 0 Å². The maximum Gasteiger partial charge on any atom is 0.0686 e. The van der Waals surface area contributed by atoms with Crippen molar-refractivity contribution >= 4 is 0 Å². The Labute approximate surface area is 69.1 Å². The average Bonchev–Trinajstić information content (AvgIpc) is 1.86. The van der Waals surface area contributed by atoms with Crippen LogP contribution >= 0.6 is 0 Å². The quantitative estimate of drug-likeness (QED) is 0.485. The Morgan fingerprint density at radius 2 is 2.18 bits per heavy atom. The maximum absolute atomic E-state index is 9.28. The molecule has 0 heterocycles. The second-order valence-electron chi connectivity index (χ2n) is 2.73. The summed E-state index contributed by atoms with van der Waals surface area (Å²) in [5.74, 6) is 5.81. The van der Waals surface area contributed by atoms with Crippen molar-refractivity contribution in [3.63, 3.8) is 0 Å². The molecule has 0 bridgehead atoms. The van der Waals surface area contributed by atoms with Gasteiger partial charge in [0.05, 0.1) is 6.10 Å². The third-order valence-corrected chi connectivity index (χ3v) is 1.22. The first-order chi connectivity index (χ1) is 5.16. The van der Waals surface area contributed by atoms with Crippen LogP contribution in [0.15, 0.2) is 12.2 Å². The minimum atomic E-state index is -0.327. The summed E-state index contributed by atoms with van der Waals surface area (Å²) in [4.78, 5) is 0. The van der Waals surface area contributed by atoms with Crippen molar-refractivity contribution in [2.24, 2.45) is 0 Å². The van der Waals surface area contributed by atoms with Gasteiger partial charge in [-0.15, -0.1) is 18.4 Å². The van der Waals surface area contributed by atoms with Gasteiger partial charge in [0.1, 0.15) is 0 Å². The Balaban J connectivity index is 3.52. The highest BCUT2D eigenvalue weighted by molar-refractivity contribution is 5.01. The second kappa shape index (κ2) is 6.00. The standard InChI is InChI=1S/C10H16O/c1-4-5-6-7-10(11)8-9(2)3/h10-11H,2,4,7-8H2,1,3H3/t10-/m0/s1. The van der Waals surface area contributed by atoms with Gasteiger partial charge in [0.15, 0.2) is 0 Å². The molecule has 0 saturated carbocycles. The number of rotatable bonds is 3. The molecular weight excluding hydrogens is 136 g/mol. The van der Waals surface area contributed by atoms with Gasteiger partial charge in [0.25, 0.3) is 0 Å². The lowest BCUT2D eigenvalue weighted by atomic mass is 10.1. The first-order valence-corrected chi connectivity index (χ1v) is 3.95. The molecule has 0 rings (SSSR count). The van der Waals surface area contributed by atoms with E-state index >= 15 is 0 Å². The molecule has 0 spiro atoms. The summed E-state index contributed by atoms with van der Waals surface area (Å²) in [6, 6.07) is 0. The summed E-state index contributed by atoms with van der Waals surface area (Å²) in [6.07, 6.45) is 1.77. The van der Waals surface area contributed by atoms with E-state index in [-0.39, 0.29) is 6.10 Å². The van der Waals surface area contributed by atoms with Crippen molar-refractivity contribution in [1.29, 1.82) is 0 Å². The molecule has 0 amide bonds. The fraction of sp³-hybridized carbons (Fsp3) is 0.600. The van der Waals surface area contributed by atoms with Crippen molar-refractivity contribution < 1.29 is 5.11 Å². The van der Waals surface area contributed by atoms with Gasteiger partial charge < -0.3 is 5.11 Å². The molecule has 0 aliphatic carbocycles. The van der Waals surface area contributed by atoms with Crippen LogP contribution in [-0.4, -0.2) is 11.2 Å². The van der Waals surface area contributed by atoms with E-state index in [0.717, 1.165) is 12.0 Å². The minimum absolute atomic E-state index is 0.327. The number of aliphatic hydroxyl groups is 1. The molecule has 0 aliphatic rings. The Morgan fingerprint density at radius 3 is 2.64 bits per heavy atom. The molecule has 0 fully saturated rings. The first-order valence-electron chi connectivity index (χ1n) is 3.95. The van der Waals surface area contributed by atoms with Crippen molar-refractivity contribution in [3.05, 3.63) is 12.2 Å². The van der Waals surface area contributed by atoms with Gasteiger partial charge in [-0.05, 0) is 13.3 Å². The maximum atomic E-state index is 9.28. The van der Waals surface area contributed by atoms with Crippen LogP contribution in [0.3, 0.4) is 0 Å². The van der Waals surface area contributed by atoms with Gasteiger partial charge in [-0.1, -0.05) is 12.5 Å². The summed E-state index contributed by atoms with van der Waals surface area (Å²) in [5.41, 5.74) is 1.01. The molecular formula is C10H16O. The molecule has 0 aromatic carbocycles. The fourth-order valence-corrected chi connectivity index (χ4v) is 0.789. The summed E-state index contributed by atoms with van der Waals surface area (Å²) in [5, 5.41) is 9.28. The largest absolute Gasteiger partial charge is 0.392 e. The van der Waals surface area contributed by atoms with E-state index in [1.807, 2.05) is 13.8 Å². The number of hydrogen-bond acceptors (Lipinski definition) is 1. The predicted octanol–water partition coefficient (Wildman–Crippen LogP) is 2.12. The highest BCUT2D eigenvalue weighted by atomic mass is 16.3. The fourth-order valence-electron chi connectivity index (χ4n) is 0.789. The summed E-state index contributed by atoms with van der Waals surface area (Å²) in [7, 11) is 0. The second-order valence-corrected chi connectivity index (χ2v) is 2.73. The van der Waals surface area contributed by atoms with E-state index in [1.54, 1.807) is 0 Å². The molecule has 1 atom stereocenters. The molecule has 0 aromatic heterocycles. The Bertz CT molecular complexity index is 171. The zero-order valence-corrected chi connectivity index (χ0v) is 7.35. The molecule has 11 heavy (non-hydrogen) atoms. The van der Waals surface area contributed by atoms with Crippen LogP contribution in [0.25, 0.3) is 0 Å². The summed E-state index contributed by atoms with van der Waals surface area (Å²) >= 11 is 0. The van der Waals surface area contributed by atoms with Crippen LogP contribution in [0.2, 0.25) is 0 Å². The predicted molar refractivity (Wildman–Crippen MR) is 48.1 cm³/mol. The smallest absolute Gasteiger partial charge is 0.0686 e. The monoisotopic (exact) mass is 152 g/mol. The highest BCUT2D eigenvalue weighted by Gasteiger charge is 2.00. The van der Waals surface area contributed by atoms with Crippen LogP contribution in [0.4, 0.5) is 0 Å². The van der Waals surface area contributed by atoms with E-state index in [9.17, 15) is 5.11 Å². The molecule has 0 saturated heterocycles. The van der Waals surface area contributed by atoms with E-state index in [4.69, 9.17) is 0 Å². The van der Waals surface area contributed by atoms with Crippen LogP contribution in [0.1, 0.15) is 33.1 Å². The van der Waals surface area contributed by atoms with Gasteiger partial charge in [0, 0.05) is 12.8 Å². The highest BCUT2D eigenvalue weighted by Crippen LogP contribution is 2.03. The average molecular weight is 152 g/mol. The molecule has 0 aliphatic heterocycles. The van der Waals surface area contributed by atoms with Crippen LogP contribution < -0.4 is 0 Å². The van der Waals surface area contributed by atoms with Crippen molar-refractivity contribution in [2.45, 2.75) is 39.2 Å². The lowest BCUT2D eigenvalue weighted by Crippen LogP contribution is -2.04. The molecule has 0 radical (unpaired) electrons. The van der Waals surface area contributed by atoms with Gasteiger partial charge in [0.2, 0.25) is 0 Å². The number of aliphatic hydroxyl groups excluding tert-OH is 1. The number of hydrogen-bond donors (Lipinski definition) is 1. The molecule has 1 heteroatoms. The lowest BCUT2D eigenvalue weighted by Gasteiger charge is -2.04. The van der Waals surface area contributed by atoms with Crippen molar-refractivity contribution in [1.82, 2.24) is 0 Å². The Kier molecular flexibility index (Phi) is 5.60. The van der Waals surface area contributed by atoms with E-state index in [2.05, 4.69) is 18.4 Å². The van der Waals surface area contributed by atoms with Gasteiger partial charge >= 0.3 is 0 Å². The van der Waals surface area contributed by atoms with Crippen LogP contribution in [0.5, 0.6) is 0 Å². The third kappa shape index (κ3) is 7.15. The first kappa shape index (κ1) is 10.3. The van der Waals surface area contributed by atoms with Gasteiger partial charge in [-0.3, -0.25) is 0 Å². The summed E-state index contributed by atoms with van der Waals surface area (Å²) in [6.45, 7) is 7.63. The molecule has 62 valence electrons. The Morgan fingerprint density at radius 1 is 1.55 bits per heavy atom. The Hall–Kier alpha value is -0.740. The molecule has 1 N–H and O–H groups in total. The van der Waals surface area contributed by atoms with Crippen molar-refractivity contribution in [2.75, 3.05) is 0 Å². The zero-order valence-electron chi connectivity index (χ0n) is 7.35. The van der Waals surface area contributed by atoms with E-state index in [1.165, 1.54) is 0 Å². The molecule has 0 aromatic rings. The zero-order chi connectivity index (χ0) is 8.69. The molecule has 0 unspecified atom stereocenters. The van der Waals surface area contributed by atoms with Gasteiger partial charge in [-0.25, -0.2) is 0 Å². The third-order valence-electron chi connectivity index (χ3n) is 1.22. The SMILES string of the molecule is C=C(C)C[C@@H](O)CC#CCC. The van der Waals surface area contributed by atoms with Crippen molar-refractivity contribution in [3.8, 4) is 11.8 Å².